The van der Waals surface area contributed by atoms with Crippen molar-refractivity contribution in [3.63, 3.8) is 0 Å². The van der Waals surface area contributed by atoms with Gasteiger partial charge in [-0.05, 0) is 35.9 Å². The molecular weight excluding hydrogens is 280 g/mol. The largest absolute Gasteiger partial charge is 0.269 e. The molecule has 0 radical (unpaired) electrons. The molecule has 2 aromatic carbocycles. The maximum absolute atomic E-state index is 10.6. The van der Waals surface area contributed by atoms with Crippen LogP contribution in [0, 0.1) is 10.1 Å². The molecule has 108 valence electrons. The van der Waals surface area contributed by atoms with E-state index in [4.69, 9.17) is 0 Å². The number of fused-ring (bicyclic) bond motifs is 1. The van der Waals surface area contributed by atoms with Gasteiger partial charge in [0, 0.05) is 17.5 Å². The van der Waals surface area contributed by atoms with Crippen molar-refractivity contribution in [1.29, 1.82) is 0 Å². The summed E-state index contributed by atoms with van der Waals surface area (Å²) >= 11 is 0. The molecular formula is C16H12N4O2. The van der Waals surface area contributed by atoms with Crippen molar-refractivity contribution in [2.45, 2.75) is 0 Å². The minimum absolute atomic E-state index is 0.0568. The molecule has 0 aliphatic rings. The second kappa shape index (κ2) is 6.01. The number of nitrogens with one attached hydrogen (secondary N) is 1. The zero-order valence-electron chi connectivity index (χ0n) is 11.5. The predicted molar refractivity (Wildman–Crippen MR) is 86.1 cm³/mol. The Kier molecular flexibility index (Phi) is 3.74. The van der Waals surface area contributed by atoms with Crippen molar-refractivity contribution < 1.29 is 4.92 Å². The van der Waals surface area contributed by atoms with Crippen molar-refractivity contribution >= 4 is 28.6 Å². The summed E-state index contributed by atoms with van der Waals surface area (Å²) in [5.74, 6) is 0.636. The first-order valence-electron chi connectivity index (χ1n) is 6.62. The summed E-state index contributed by atoms with van der Waals surface area (Å²) in [6, 6.07) is 17.8. The van der Waals surface area contributed by atoms with Crippen LogP contribution in [0.25, 0.3) is 10.9 Å². The molecule has 1 heterocycles. The predicted octanol–water partition coefficient (Wildman–Crippen LogP) is 3.59. The number of nitro groups is 1. The Balaban J connectivity index is 1.71. The third kappa shape index (κ3) is 3.06. The smallest absolute Gasteiger partial charge is 0.261 e. The van der Waals surface area contributed by atoms with E-state index in [9.17, 15) is 10.1 Å². The second-order valence-corrected chi connectivity index (χ2v) is 4.61. The molecule has 0 unspecified atom stereocenters. The number of benzene rings is 2. The molecule has 1 N–H and O–H groups in total. The van der Waals surface area contributed by atoms with E-state index >= 15 is 0 Å². The van der Waals surface area contributed by atoms with Gasteiger partial charge in [0.05, 0.1) is 16.7 Å². The molecule has 0 aliphatic carbocycles. The number of hydrazone groups is 1. The van der Waals surface area contributed by atoms with Crippen LogP contribution in [0.4, 0.5) is 11.5 Å². The summed E-state index contributed by atoms with van der Waals surface area (Å²) in [5, 5.41) is 15.7. The number of para-hydroxylation sites is 1. The van der Waals surface area contributed by atoms with E-state index < -0.39 is 4.92 Å². The fraction of sp³-hybridized carbons (Fsp3) is 0. The zero-order chi connectivity index (χ0) is 15.4. The average Bonchev–Trinajstić information content (AvgIpc) is 2.55. The first kappa shape index (κ1) is 13.7. The Hall–Kier alpha value is -3.28. The number of hydrogen-bond donors (Lipinski definition) is 1. The minimum atomic E-state index is -0.432. The molecule has 6 heteroatoms. The number of hydrogen-bond acceptors (Lipinski definition) is 5. The van der Waals surface area contributed by atoms with Crippen LogP contribution in [0.5, 0.6) is 0 Å². The van der Waals surface area contributed by atoms with E-state index in [1.807, 2.05) is 36.4 Å². The summed E-state index contributed by atoms with van der Waals surface area (Å²) in [6.45, 7) is 0. The number of rotatable bonds is 4. The van der Waals surface area contributed by atoms with Crippen LogP contribution in [0.15, 0.2) is 65.8 Å². The van der Waals surface area contributed by atoms with E-state index in [2.05, 4.69) is 15.5 Å². The van der Waals surface area contributed by atoms with E-state index in [1.165, 1.54) is 12.1 Å². The number of aromatic nitrogens is 1. The van der Waals surface area contributed by atoms with Crippen LogP contribution < -0.4 is 5.43 Å². The zero-order valence-corrected chi connectivity index (χ0v) is 11.5. The minimum Gasteiger partial charge on any atom is -0.261 e. The Morgan fingerprint density at radius 2 is 1.82 bits per heavy atom. The number of anilines is 1. The molecule has 3 rings (SSSR count). The number of nitrogens with zero attached hydrogens (tertiary/aromatic N) is 3. The Morgan fingerprint density at radius 3 is 2.59 bits per heavy atom. The van der Waals surface area contributed by atoms with Crippen LogP contribution in [0.3, 0.4) is 0 Å². The molecule has 6 nitrogen and oxygen atoms in total. The highest BCUT2D eigenvalue weighted by molar-refractivity contribution is 5.82. The standard InChI is InChI=1S/C16H12N4O2/c21-20(22)14-8-5-12(6-9-14)11-17-19-16-10-7-13-3-1-2-4-15(13)18-16/h1-11H,(H,18,19). The van der Waals surface area contributed by atoms with Crippen LogP contribution in [0.2, 0.25) is 0 Å². The van der Waals surface area contributed by atoms with Gasteiger partial charge < -0.3 is 0 Å². The highest BCUT2D eigenvalue weighted by atomic mass is 16.6. The van der Waals surface area contributed by atoms with Gasteiger partial charge in [0.2, 0.25) is 0 Å². The van der Waals surface area contributed by atoms with Gasteiger partial charge in [-0.25, -0.2) is 4.98 Å². The van der Waals surface area contributed by atoms with Crippen LogP contribution in [0.1, 0.15) is 5.56 Å². The van der Waals surface area contributed by atoms with E-state index in [1.54, 1.807) is 18.3 Å². The topological polar surface area (TPSA) is 80.4 Å². The molecule has 0 amide bonds. The third-order valence-corrected chi connectivity index (χ3v) is 3.10. The summed E-state index contributed by atoms with van der Waals surface area (Å²) in [4.78, 5) is 14.6. The normalized spacial score (nSPS) is 10.9. The summed E-state index contributed by atoms with van der Waals surface area (Å²) in [5.41, 5.74) is 4.55. The summed E-state index contributed by atoms with van der Waals surface area (Å²) in [7, 11) is 0. The van der Waals surface area contributed by atoms with Crippen molar-refractivity contribution in [3.8, 4) is 0 Å². The van der Waals surface area contributed by atoms with Crippen molar-refractivity contribution in [2.24, 2.45) is 5.10 Å². The lowest BCUT2D eigenvalue weighted by molar-refractivity contribution is -0.384. The lowest BCUT2D eigenvalue weighted by Crippen LogP contribution is -1.94. The SMILES string of the molecule is O=[N+]([O-])c1ccc(C=NNc2ccc3ccccc3n2)cc1. The van der Waals surface area contributed by atoms with Gasteiger partial charge in [-0.1, -0.05) is 18.2 Å². The molecule has 0 atom stereocenters. The number of non-ortho nitro benzene ring substituents is 1. The molecule has 3 aromatic rings. The van der Waals surface area contributed by atoms with Gasteiger partial charge in [-0.15, -0.1) is 0 Å². The maximum atomic E-state index is 10.6. The maximum Gasteiger partial charge on any atom is 0.269 e. The van der Waals surface area contributed by atoms with Crippen LogP contribution in [-0.2, 0) is 0 Å². The molecule has 0 fully saturated rings. The third-order valence-electron chi connectivity index (χ3n) is 3.10. The summed E-state index contributed by atoms with van der Waals surface area (Å²) < 4.78 is 0. The van der Waals surface area contributed by atoms with Gasteiger partial charge in [0.1, 0.15) is 5.82 Å². The van der Waals surface area contributed by atoms with Crippen LogP contribution >= 0.6 is 0 Å². The average molecular weight is 292 g/mol. The molecule has 22 heavy (non-hydrogen) atoms. The van der Waals surface area contributed by atoms with E-state index in [0.717, 1.165) is 16.5 Å². The Bertz CT molecular complexity index is 844. The molecule has 0 spiro atoms. The lowest BCUT2D eigenvalue weighted by Gasteiger charge is -2.01. The van der Waals surface area contributed by atoms with Gasteiger partial charge in [-0.3, -0.25) is 15.5 Å². The van der Waals surface area contributed by atoms with E-state index in [-0.39, 0.29) is 5.69 Å². The van der Waals surface area contributed by atoms with Gasteiger partial charge in [-0.2, -0.15) is 5.10 Å². The lowest BCUT2D eigenvalue weighted by atomic mass is 10.2. The first-order chi connectivity index (χ1) is 10.7. The first-order valence-corrected chi connectivity index (χ1v) is 6.62. The second-order valence-electron chi connectivity index (χ2n) is 4.61. The molecule has 0 bridgehead atoms. The fourth-order valence-electron chi connectivity index (χ4n) is 1.98. The van der Waals surface area contributed by atoms with Crippen molar-refractivity contribution in [1.82, 2.24) is 4.98 Å². The highest BCUT2D eigenvalue weighted by Gasteiger charge is 2.02. The summed E-state index contributed by atoms with van der Waals surface area (Å²) in [6.07, 6.45) is 1.58. The quantitative estimate of drug-likeness (QED) is 0.452. The molecule has 0 saturated heterocycles. The molecule has 0 saturated carbocycles. The van der Waals surface area contributed by atoms with Crippen molar-refractivity contribution in [2.75, 3.05) is 5.43 Å². The highest BCUT2D eigenvalue weighted by Crippen LogP contribution is 2.14. The number of pyridine rings is 1. The van der Waals surface area contributed by atoms with Crippen molar-refractivity contribution in [3.05, 3.63) is 76.3 Å². The van der Waals surface area contributed by atoms with Gasteiger partial charge in [0.15, 0.2) is 0 Å². The Labute approximate surface area is 126 Å². The van der Waals surface area contributed by atoms with Crippen LogP contribution in [-0.4, -0.2) is 16.1 Å². The fourth-order valence-corrected chi connectivity index (χ4v) is 1.98. The van der Waals surface area contributed by atoms with E-state index in [0.29, 0.717) is 5.82 Å². The molecule has 0 aliphatic heterocycles. The van der Waals surface area contributed by atoms with Gasteiger partial charge >= 0.3 is 0 Å². The monoisotopic (exact) mass is 292 g/mol. The number of nitro benzene ring substituents is 1. The Morgan fingerprint density at radius 1 is 1.05 bits per heavy atom. The van der Waals surface area contributed by atoms with Gasteiger partial charge in [0.25, 0.3) is 5.69 Å². The molecule has 1 aromatic heterocycles.